The first-order valence-corrected chi connectivity index (χ1v) is 5.68. The summed E-state index contributed by atoms with van der Waals surface area (Å²) in [7, 11) is 0. The second-order valence-electron chi connectivity index (χ2n) is 3.85. The van der Waals surface area contributed by atoms with E-state index in [2.05, 4.69) is 23.5 Å². The van der Waals surface area contributed by atoms with E-state index in [-0.39, 0.29) is 5.78 Å². The number of nitrogens with one attached hydrogen (secondary N) is 1. The van der Waals surface area contributed by atoms with Crippen LogP contribution in [0.3, 0.4) is 0 Å². The number of rotatable bonds is 4. The molecule has 2 aromatic rings. The summed E-state index contributed by atoms with van der Waals surface area (Å²) in [5.41, 5.74) is 1.00. The zero-order valence-corrected chi connectivity index (χ0v) is 9.81. The Morgan fingerprint density at radius 2 is 1.94 bits per heavy atom. The number of benzene rings is 2. The molecule has 0 aliphatic heterocycles. The summed E-state index contributed by atoms with van der Waals surface area (Å²) < 4.78 is 0. The fourth-order valence-corrected chi connectivity index (χ4v) is 1.81. The van der Waals surface area contributed by atoms with Crippen LogP contribution in [-0.2, 0) is 4.79 Å². The molecule has 2 heteroatoms. The van der Waals surface area contributed by atoms with Gasteiger partial charge in [0.05, 0.1) is 6.54 Å². The molecule has 17 heavy (non-hydrogen) atoms. The molecule has 2 aromatic carbocycles. The highest BCUT2D eigenvalue weighted by Crippen LogP contribution is 2.22. The number of hydrogen-bond acceptors (Lipinski definition) is 2. The third-order valence-electron chi connectivity index (χ3n) is 2.60. The Labute approximate surface area is 101 Å². The highest BCUT2D eigenvalue weighted by molar-refractivity contribution is 5.97. The Balaban J connectivity index is 2.21. The topological polar surface area (TPSA) is 29.1 Å². The minimum atomic E-state index is 0.0837. The van der Waals surface area contributed by atoms with Crippen molar-refractivity contribution in [1.29, 1.82) is 0 Å². The molecule has 0 unspecified atom stereocenters. The van der Waals surface area contributed by atoms with Crippen LogP contribution in [0.15, 0.2) is 54.6 Å². The molecule has 0 saturated carbocycles. The molecule has 86 valence electrons. The fraction of sp³-hybridized carbons (Fsp3) is 0.133. The number of ketones is 1. The largest absolute Gasteiger partial charge is 0.377 e. The van der Waals surface area contributed by atoms with Crippen molar-refractivity contribution in [2.45, 2.75) is 6.92 Å². The second kappa shape index (κ2) is 5.30. The molecule has 0 fully saturated rings. The molecular weight excluding hydrogens is 210 g/mol. The highest BCUT2D eigenvalue weighted by Gasteiger charge is 2.01. The van der Waals surface area contributed by atoms with Crippen molar-refractivity contribution >= 4 is 22.2 Å². The summed E-state index contributed by atoms with van der Waals surface area (Å²) in [6.45, 7) is 2.17. The molecule has 2 rings (SSSR count). The normalized spacial score (nSPS) is 10.9. The van der Waals surface area contributed by atoms with Crippen molar-refractivity contribution in [1.82, 2.24) is 0 Å². The van der Waals surface area contributed by atoms with Crippen molar-refractivity contribution in [3.8, 4) is 0 Å². The molecular formula is C15H15NO. The molecule has 0 saturated heterocycles. The van der Waals surface area contributed by atoms with E-state index in [1.807, 2.05) is 31.2 Å². The SMILES string of the molecule is CC=CC(=O)CNc1cccc2ccccc12. The fourth-order valence-electron chi connectivity index (χ4n) is 1.81. The van der Waals surface area contributed by atoms with Crippen LogP contribution < -0.4 is 5.32 Å². The monoisotopic (exact) mass is 225 g/mol. The molecule has 0 bridgehead atoms. The summed E-state index contributed by atoms with van der Waals surface area (Å²) in [5, 5.41) is 5.49. The van der Waals surface area contributed by atoms with Crippen molar-refractivity contribution in [3.63, 3.8) is 0 Å². The van der Waals surface area contributed by atoms with Crippen LogP contribution >= 0.6 is 0 Å². The Morgan fingerprint density at radius 3 is 2.76 bits per heavy atom. The van der Waals surface area contributed by atoms with Crippen LogP contribution in [0, 0.1) is 0 Å². The van der Waals surface area contributed by atoms with Gasteiger partial charge in [0, 0.05) is 11.1 Å². The number of carbonyl (C=O) groups excluding carboxylic acids is 1. The van der Waals surface area contributed by atoms with Crippen LogP contribution in [0.5, 0.6) is 0 Å². The van der Waals surface area contributed by atoms with Crippen molar-refractivity contribution in [2.75, 3.05) is 11.9 Å². The van der Waals surface area contributed by atoms with Gasteiger partial charge in [0.25, 0.3) is 0 Å². The van der Waals surface area contributed by atoms with Crippen molar-refractivity contribution in [3.05, 3.63) is 54.6 Å². The molecule has 0 amide bonds. The predicted molar refractivity (Wildman–Crippen MR) is 72.3 cm³/mol. The van der Waals surface area contributed by atoms with Crippen molar-refractivity contribution < 1.29 is 4.79 Å². The first kappa shape index (κ1) is 11.4. The van der Waals surface area contributed by atoms with E-state index in [1.165, 1.54) is 5.39 Å². The zero-order valence-electron chi connectivity index (χ0n) is 9.81. The van der Waals surface area contributed by atoms with Crippen molar-refractivity contribution in [2.24, 2.45) is 0 Å². The van der Waals surface area contributed by atoms with Gasteiger partial charge in [-0.3, -0.25) is 4.79 Å². The maximum atomic E-state index is 11.4. The summed E-state index contributed by atoms with van der Waals surface area (Å²) >= 11 is 0. The van der Waals surface area contributed by atoms with Crippen LogP contribution in [0.2, 0.25) is 0 Å². The number of fused-ring (bicyclic) bond motifs is 1. The van der Waals surface area contributed by atoms with E-state index in [0.29, 0.717) is 6.54 Å². The zero-order chi connectivity index (χ0) is 12.1. The average Bonchev–Trinajstić information content (AvgIpc) is 2.36. The Bertz CT molecular complexity index is 552. The second-order valence-corrected chi connectivity index (χ2v) is 3.85. The summed E-state index contributed by atoms with van der Waals surface area (Å²) in [5.74, 6) is 0.0837. The standard InChI is InChI=1S/C15H15NO/c1-2-6-13(17)11-16-15-10-5-8-12-7-3-4-9-14(12)15/h2-10,16H,11H2,1H3. The van der Waals surface area contributed by atoms with Gasteiger partial charge in [-0.05, 0) is 24.5 Å². The first-order chi connectivity index (χ1) is 8.31. The number of anilines is 1. The third kappa shape index (κ3) is 2.72. The van der Waals surface area contributed by atoms with Gasteiger partial charge >= 0.3 is 0 Å². The lowest BCUT2D eigenvalue weighted by Gasteiger charge is -2.07. The molecule has 0 aliphatic rings. The molecule has 0 aliphatic carbocycles. The Hall–Kier alpha value is -2.09. The van der Waals surface area contributed by atoms with Gasteiger partial charge in [-0.1, -0.05) is 42.5 Å². The third-order valence-corrected chi connectivity index (χ3v) is 2.60. The molecule has 0 heterocycles. The number of hydrogen-bond donors (Lipinski definition) is 1. The molecule has 0 radical (unpaired) electrons. The van der Waals surface area contributed by atoms with E-state index < -0.39 is 0 Å². The van der Waals surface area contributed by atoms with Crippen LogP contribution in [0.4, 0.5) is 5.69 Å². The lowest BCUT2D eigenvalue weighted by molar-refractivity contribution is -0.113. The lowest BCUT2D eigenvalue weighted by Crippen LogP contribution is -2.11. The Morgan fingerprint density at radius 1 is 1.18 bits per heavy atom. The van der Waals surface area contributed by atoms with E-state index in [9.17, 15) is 4.79 Å². The quantitative estimate of drug-likeness (QED) is 0.808. The van der Waals surface area contributed by atoms with Gasteiger partial charge in [-0.2, -0.15) is 0 Å². The summed E-state index contributed by atoms with van der Waals surface area (Å²) in [6.07, 6.45) is 3.34. The molecule has 1 N–H and O–H groups in total. The molecule has 0 aromatic heterocycles. The Kier molecular flexibility index (Phi) is 3.55. The van der Waals surface area contributed by atoms with E-state index in [0.717, 1.165) is 11.1 Å². The number of allylic oxidation sites excluding steroid dienone is 1. The van der Waals surface area contributed by atoms with Crippen LogP contribution in [-0.4, -0.2) is 12.3 Å². The predicted octanol–water partition coefficient (Wildman–Crippen LogP) is 3.40. The van der Waals surface area contributed by atoms with Gasteiger partial charge in [0.15, 0.2) is 5.78 Å². The van der Waals surface area contributed by atoms with Crippen LogP contribution in [0.25, 0.3) is 10.8 Å². The summed E-state index contributed by atoms with van der Waals surface area (Å²) in [4.78, 5) is 11.4. The first-order valence-electron chi connectivity index (χ1n) is 5.68. The molecule has 0 atom stereocenters. The smallest absolute Gasteiger partial charge is 0.174 e. The maximum absolute atomic E-state index is 11.4. The van der Waals surface area contributed by atoms with Crippen LogP contribution in [0.1, 0.15) is 6.92 Å². The minimum Gasteiger partial charge on any atom is -0.377 e. The average molecular weight is 225 g/mol. The highest BCUT2D eigenvalue weighted by atomic mass is 16.1. The van der Waals surface area contributed by atoms with Gasteiger partial charge < -0.3 is 5.32 Å². The van der Waals surface area contributed by atoms with Gasteiger partial charge in [0.2, 0.25) is 0 Å². The summed E-state index contributed by atoms with van der Waals surface area (Å²) in [6, 6.07) is 14.2. The lowest BCUT2D eigenvalue weighted by atomic mass is 10.1. The van der Waals surface area contributed by atoms with E-state index in [1.54, 1.807) is 12.2 Å². The minimum absolute atomic E-state index is 0.0837. The molecule has 2 nitrogen and oxygen atoms in total. The van der Waals surface area contributed by atoms with Gasteiger partial charge in [-0.15, -0.1) is 0 Å². The number of carbonyl (C=O) groups is 1. The van der Waals surface area contributed by atoms with E-state index >= 15 is 0 Å². The van der Waals surface area contributed by atoms with E-state index in [4.69, 9.17) is 0 Å². The van der Waals surface area contributed by atoms with Gasteiger partial charge in [0.1, 0.15) is 0 Å². The maximum Gasteiger partial charge on any atom is 0.174 e. The van der Waals surface area contributed by atoms with Gasteiger partial charge in [-0.25, -0.2) is 0 Å². The molecule has 0 spiro atoms.